The van der Waals surface area contributed by atoms with Crippen LogP contribution in [0.5, 0.6) is 0 Å². The van der Waals surface area contributed by atoms with Crippen LogP contribution in [0.15, 0.2) is 0 Å². The fraction of sp³-hybridized carbons (Fsp3) is 0.692. The molecular weight excluding hydrogens is 405 g/mol. The summed E-state index contributed by atoms with van der Waals surface area (Å²) in [6.45, 7) is -0.577. The molecule has 2 atom stereocenters. The fourth-order valence-corrected chi connectivity index (χ4v) is 3.41. The largest absolute Gasteiger partial charge is 0.480 e. The highest BCUT2D eigenvalue weighted by molar-refractivity contribution is 7.51. The van der Waals surface area contributed by atoms with E-state index in [0.717, 1.165) is 14.7 Å². The average Bonchev–Trinajstić information content (AvgIpc) is 2.47. The average molecular weight is 429 g/mol. The van der Waals surface area contributed by atoms with Gasteiger partial charge < -0.3 is 30.2 Å². The van der Waals surface area contributed by atoms with Crippen LogP contribution in [0.1, 0.15) is 13.8 Å². The minimum atomic E-state index is -4.76. The molecule has 0 aliphatic carbocycles. The minimum absolute atomic E-state index is 0.782. The van der Waals surface area contributed by atoms with E-state index < -0.39 is 76.3 Å². The molecule has 0 bridgehead atoms. The van der Waals surface area contributed by atoms with E-state index in [2.05, 4.69) is 0 Å². The highest BCUT2D eigenvalue weighted by atomic mass is 31.2. The van der Waals surface area contributed by atoms with Crippen LogP contribution in [0.25, 0.3) is 0 Å². The van der Waals surface area contributed by atoms with Gasteiger partial charge >= 0.3 is 31.5 Å². The van der Waals surface area contributed by atoms with Gasteiger partial charge in [-0.2, -0.15) is 0 Å². The van der Waals surface area contributed by atoms with E-state index in [1.807, 2.05) is 0 Å². The van der Waals surface area contributed by atoms with E-state index in [-0.39, 0.29) is 0 Å². The van der Waals surface area contributed by atoms with Crippen LogP contribution in [-0.2, 0) is 23.7 Å². The molecule has 15 heteroatoms. The third-order valence-electron chi connectivity index (χ3n) is 3.72. The molecule has 0 fully saturated rings. The number of hydrogen-bond donors (Lipinski definition) is 6. The standard InChI is InChI=1S/C13H24N3O11P/c1-8(14(3-10(17)18)4-11(19)20)16(7-28(25,26)27)9(2)15(5-12(21)22)6-13(23)24/h8-9H,3-7H2,1-2H3,(H,17,18)(H,19,20)(H,21,22)(H,23,24)(H2,25,26,27). The quantitative estimate of drug-likeness (QED) is 0.131. The van der Waals surface area contributed by atoms with Crippen molar-refractivity contribution >= 4 is 31.5 Å². The molecule has 0 spiro atoms. The Hall–Kier alpha value is -2.09. The van der Waals surface area contributed by atoms with Crippen LogP contribution in [0.2, 0.25) is 0 Å². The molecule has 14 nitrogen and oxygen atoms in total. The van der Waals surface area contributed by atoms with Gasteiger partial charge in [-0.1, -0.05) is 0 Å². The Morgan fingerprint density at radius 1 is 0.714 bits per heavy atom. The van der Waals surface area contributed by atoms with Crippen LogP contribution >= 0.6 is 7.60 Å². The highest BCUT2D eigenvalue weighted by Crippen LogP contribution is 2.37. The van der Waals surface area contributed by atoms with Crippen molar-refractivity contribution in [1.82, 2.24) is 14.7 Å². The summed E-state index contributed by atoms with van der Waals surface area (Å²) in [5.74, 6) is -5.59. The molecular formula is C13H24N3O11P. The van der Waals surface area contributed by atoms with Crippen molar-refractivity contribution in [1.29, 1.82) is 0 Å². The smallest absolute Gasteiger partial charge is 0.339 e. The monoisotopic (exact) mass is 429 g/mol. The number of nitrogens with zero attached hydrogens (tertiary/aromatic N) is 3. The SMILES string of the molecule is CC(N(CC(=O)O)CC(=O)O)N(CP(=O)(O)O)C(C)N(CC(=O)O)CC(=O)O. The predicted molar refractivity (Wildman–Crippen MR) is 91.4 cm³/mol. The molecule has 0 amide bonds. The van der Waals surface area contributed by atoms with Crippen LogP contribution in [-0.4, -0.2) is 114 Å². The first-order chi connectivity index (χ1) is 12.6. The van der Waals surface area contributed by atoms with Crippen LogP contribution in [0.4, 0.5) is 0 Å². The second kappa shape index (κ2) is 11.0. The van der Waals surface area contributed by atoms with Crippen molar-refractivity contribution in [3.63, 3.8) is 0 Å². The Balaban J connectivity index is 5.92. The maximum absolute atomic E-state index is 11.5. The summed E-state index contributed by atoms with van der Waals surface area (Å²) in [6.07, 6.45) is -3.37. The zero-order chi connectivity index (χ0) is 22.2. The van der Waals surface area contributed by atoms with Gasteiger partial charge in [0.05, 0.1) is 38.5 Å². The molecule has 6 N–H and O–H groups in total. The number of hydrogen-bond acceptors (Lipinski definition) is 8. The lowest BCUT2D eigenvalue weighted by atomic mass is 10.3. The van der Waals surface area contributed by atoms with E-state index in [9.17, 15) is 33.5 Å². The third-order valence-corrected chi connectivity index (χ3v) is 4.41. The van der Waals surface area contributed by atoms with Gasteiger partial charge in [0, 0.05) is 0 Å². The molecule has 28 heavy (non-hydrogen) atoms. The Labute approximate surface area is 159 Å². The predicted octanol–water partition coefficient (Wildman–Crippen LogP) is -1.94. The second-order valence-electron chi connectivity index (χ2n) is 5.97. The first kappa shape index (κ1) is 25.9. The molecule has 2 unspecified atom stereocenters. The topological polar surface area (TPSA) is 216 Å². The van der Waals surface area contributed by atoms with Gasteiger partial charge in [-0.3, -0.25) is 38.4 Å². The summed E-state index contributed by atoms with van der Waals surface area (Å²) < 4.78 is 11.5. The molecule has 0 aliphatic heterocycles. The van der Waals surface area contributed by atoms with Crippen molar-refractivity contribution in [2.75, 3.05) is 32.5 Å². The number of rotatable bonds is 14. The van der Waals surface area contributed by atoms with Crippen LogP contribution in [0.3, 0.4) is 0 Å². The molecule has 0 aromatic carbocycles. The van der Waals surface area contributed by atoms with Gasteiger partial charge in [0.15, 0.2) is 0 Å². The first-order valence-corrected chi connectivity index (χ1v) is 9.59. The van der Waals surface area contributed by atoms with Gasteiger partial charge in [-0.15, -0.1) is 0 Å². The Morgan fingerprint density at radius 2 is 0.964 bits per heavy atom. The molecule has 0 aliphatic rings. The van der Waals surface area contributed by atoms with Gasteiger partial charge in [0.1, 0.15) is 6.29 Å². The Kier molecular flexibility index (Phi) is 10.2. The van der Waals surface area contributed by atoms with Crippen molar-refractivity contribution in [2.45, 2.75) is 26.2 Å². The molecule has 0 saturated heterocycles. The molecule has 0 aromatic rings. The number of aliphatic carboxylic acids is 4. The summed E-state index contributed by atoms with van der Waals surface area (Å²) in [6, 6.07) is 0. The third kappa shape index (κ3) is 10.3. The van der Waals surface area contributed by atoms with E-state index in [1.54, 1.807) is 0 Å². The summed E-state index contributed by atoms with van der Waals surface area (Å²) in [5, 5.41) is 35.9. The lowest BCUT2D eigenvalue weighted by Crippen LogP contribution is -2.58. The number of carboxylic acid groups (broad SMARTS) is 4. The van der Waals surface area contributed by atoms with Crippen LogP contribution in [0, 0.1) is 0 Å². The summed E-state index contributed by atoms with van der Waals surface area (Å²) in [7, 11) is -4.76. The molecule has 162 valence electrons. The zero-order valence-electron chi connectivity index (χ0n) is 15.2. The van der Waals surface area contributed by atoms with Crippen molar-refractivity contribution in [3.05, 3.63) is 0 Å². The lowest BCUT2D eigenvalue weighted by molar-refractivity contribution is -0.147. The van der Waals surface area contributed by atoms with Gasteiger partial charge in [0.2, 0.25) is 0 Å². The second-order valence-corrected chi connectivity index (χ2v) is 7.58. The molecule has 0 saturated carbocycles. The number of carboxylic acids is 4. The van der Waals surface area contributed by atoms with Crippen molar-refractivity contribution in [2.24, 2.45) is 0 Å². The zero-order valence-corrected chi connectivity index (χ0v) is 16.1. The van der Waals surface area contributed by atoms with Crippen molar-refractivity contribution in [3.8, 4) is 0 Å². The molecule has 0 heterocycles. The Bertz CT molecular complexity index is 563. The van der Waals surface area contributed by atoms with E-state index >= 15 is 0 Å². The molecule has 0 radical (unpaired) electrons. The number of carbonyl (C=O) groups is 4. The Morgan fingerprint density at radius 3 is 1.14 bits per heavy atom. The normalized spacial score (nSPS) is 14.2. The van der Waals surface area contributed by atoms with E-state index in [4.69, 9.17) is 20.4 Å². The van der Waals surface area contributed by atoms with E-state index in [1.165, 1.54) is 13.8 Å². The van der Waals surface area contributed by atoms with Gasteiger partial charge in [-0.05, 0) is 13.8 Å². The first-order valence-electron chi connectivity index (χ1n) is 7.79. The maximum atomic E-state index is 11.5. The van der Waals surface area contributed by atoms with E-state index in [0.29, 0.717) is 0 Å². The highest BCUT2D eigenvalue weighted by Gasteiger charge is 2.35. The van der Waals surface area contributed by atoms with Crippen LogP contribution < -0.4 is 0 Å². The summed E-state index contributed by atoms with van der Waals surface area (Å²) in [5.41, 5.74) is 0. The maximum Gasteiger partial charge on any atom is 0.339 e. The minimum Gasteiger partial charge on any atom is -0.480 e. The van der Waals surface area contributed by atoms with Gasteiger partial charge in [-0.25, -0.2) is 0 Å². The summed E-state index contributed by atoms with van der Waals surface area (Å²) >= 11 is 0. The van der Waals surface area contributed by atoms with Gasteiger partial charge in [0.25, 0.3) is 0 Å². The summed E-state index contributed by atoms with van der Waals surface area (Å²) in [4.78, 5) is 65.5. The molecule has 0 aromatic heterocycles. The van der Waals surface area contributed by atoms with Crippen molar-refractivity contribution < 1.29 is 54.0 Å². The molecule has 0 rings (SSSR count). The lowest BCUT2D eigenvalue weighted by Gasteiger charge is -2.43. The fourth-order valence-electron chi connectivity index (χ4n) is 2.52.